The molecule has 0 radical (unpaired) electrons. The van der Waals surface area contributed by atoms with E-state index in [1.165, 1.54) is 12.1 Å². The number of hydrogen-bond donors (Lipinski definition) is 1. The molecular formula is C26H33F3N6O3. The molecule has 1 atom stereocenters. The lowest BCUT2D eigenvalue weighted by molar-refractivity contribution is -0.154. The van der Waals surface area contributed by atoms with Gasteiger partial charge in [0.15, 0.2) is 0 Å². The number of aryl methyl sites for hydroxylation is 1. The van der Waals surface area contributed by atoms with Gasteiger partial charge in [0.2, 0.25) is 5.91 Å². The van der Waals surface area contributed by atoms with Crippen molar-refractivity contribution in [3.63, 3.8) is 0 Å². The van der Waals surface area contributed by atoms with E-state index in [4.69, 9.17) is 4.74 Å². The first-order valence-electron chi connectivity index (χ1n) is 12.6. The van der Waals surface area contributed by atoms with Gasteiger partial charge < -0.3 is 15.0 Å². The summed E-state index contributed by atoms with van der Waals surface area (Å²) in [4.78, 5) is 36.0. The van der Waals surface area contributed by atoms with Gasteiger partial charge in [0.25, 0.3) is 6.43 Å². The molecule has 0 saturated carbocycles. The van der Waals surface area contributed by atoms with E-state index in [0.717, 1.165) is 6.07 Å². The van der Waals surface area contributed by atoms with Crippen molar-refractivity contribution in [2.45, 2.75) is 65.7 Å². The van der Waals surface area contributed by atoms with Crippen molar-refractivity contribution in [2.24, 2.45) is 0 Å². The molecule has 3 heterocycles. The van der Waals surface area contributed by atoms with Crippen LogP contribution >= 0.6 is 0 Å². The summed E-state index contributed by atoms with van der Waals surface area (Å²) in [5, 5.41) is 6.67. The minimum absolute atomic E-state index is 0.0588. The highest BCUT2D eigenvalue weighted by atomic mass is 19.3. The number of aromatic nitrogens is 2. The number of fused-ring (bicyclic) bond motifs is 1. The Morgan fingerprint density at radius 3 is 2.39 bits per heavy atom. The standard InChI is InChI=1S/C26H33F3N6O3/c1-15(17-7-6-8-18(22(17)27)23(28)29)30-24-19-14-35(21(36)13-20(19)31-16(2)32-24)34-11-9-33(10-12-34)25(37)38-26(3,4)5/h6-8,15,23H,9-14H2,1-5H3,(H,30,31,32)/t15-/m1/s1. The van der Waals surface area contributed by atoms with Gasteiger partial charge >= 0.3 is 6.09 Å². The Kier molecular flexibility index (Phi) is 7.82. The average Bonchev–Trinajstić information content (AvgIpc) is 2.82. The first kappa shape index (κ1) is 27.6. The molecule has 2 amide bonds. The molecule has 12 heteroatoms. The highest BCUT2D eigenvalue weighted by Gasteiger charge is 2.35. The van der Waals surface area contributed by atoms with Gasteiger partial charge in [-0.25, -0.2) is 32.9 Å². The maximum atomic E-state index is 14.8. The summed E-state index contributed by atoms with van der Waals surface area (Å²) in [5.74, 6) is -0.225. The lowest BCUT2D eigenvalue weighted by atomic mass is 10.0. The molecule has 2 aliphatic heterocycles. The predicted molar refractivity (Wildman–Crippen MR) is 134 cm³/mol. The molecule has 1 N–H and O–H groups in total. The molecular weight excluding hydrogens is 501 g/mol. The number of ether oxygens (including phenoxy) is 1. The monoisotopic (exact) mass is 534 g/mol. The van der Waals surface area contributed by atoms with Crippen LogP contribution < -0.4 is 5.32 Å². The van der Waals surface area contributed by atoms with Gasteiger partial charge in [0.1, 0.15) is 23.1 Å². The quantitative estimate of drug-likeness (QED) is 0.609. The molecule has 2 aromatic rings. The number of rotatable bonds is 5. The van der Waals surface area contributed by atoms with Gasteiger partial charge in [-0.2, -0.15) is 0 Å². The van der Waals surface area contributed by atoms with Gasteiger partial charge in [0, 0.05) is 37.3 Å². The zero-order chi connectivity index (χ0) is 27.8. The summed E-state index contributed by atoms with van der Waals surface area (Å²) in [6, 6.07) is 3.25. The third kappa shape index (κ3) is 6.01. The Balaban J connectivity index is 1.51. The Hall–Kier alpha value is -3.41. The SMILES string of the molecule is Cc1nc2c(c(N[C@H](C)c3cccc(C(F)F)c3F)n1)CN(N1CCN(C(=O)OC(C)(C)C)CC1)C(=O)C2. The van der Waals surface area contributed by atoms with Crippen LogP contribution in [0.5, 0.6) is 0 Å². The molecule has 9 nitrogen and oxygen atoms in total. The molecule has 1 aromatic carbocycles. The van der Waals surface area contributed by atoms with Crippen LogP contribution in [-0.2, 0) is 22.5 Å². The lowest BCUT2D eigenvalue weighted by Crippen LogP contribution is -2.58. The Morgan fingerprint density at radius 1 is 1.11 bits per heavy atom. The second-order valence-electron chi connectivity index (χ2n) is 10.5. The third-order valence-corrected chi connectivity index (χ3v) is 6.48. The molecule has 0 bridgehead atoms. The van der Waals surface area contributed by atoms with Crippen molar-refractivity contribution in [3.05, 3.63) is 52.2 Å². The minimum Gasteiger partial charge on any atom is -0.444 e. The number of halogens is 3. The fraction of sp³-hybridized carbons (Fsp3) is 0.538. The topological polar surface area (TPSA) is 90.9 Å². The zero-order valence-electron chi connectivity index (χ0n) is 22.2. The number of piperazine rings is 1. The normalized spacial score (nSPS) is 17.4. The number of nitrogens with one attached hydrogen (secondary N) is 1. The summed E-state index contributed by atoms with van der Waals surface area (Å²) in [6.45, 7) is 10.7. The van der Waals surface area contributed by atoms with Gasteiger partial charge in [0.05, 0.1) is 30.3 Å². The summed E-state index contributed by atoms with van der Waals surface area (Å²) in [7, 11) is 0. The molecule has 1 fully saturated rings. The summed E-state index contributed by atoms with van der Waals surface area (Å²) < 4.78 is 46.7. The van der Waals surface area contributed by atoms with Crippen LogP contribution in [0.3, 0.4) is 0 Å². The molecule has 0 unspecified atom stereocenters. The third-order valence-electron chi connectivity index (χ3n) is 6.48. The summed E-state index contributed by atoms with van der Waals surface area (Å²) in [6.07, 6.45) is -3.25. The van der Waals surface area contributed by atoms with Gasteiger partial charge in [-0.05, 0) is 34.6 Å². The second kappa shape index (κ2) is 10.8. The van der Waals surface area contributed by atoms with Gasteiger partial charge in [-0.15, -0.1) is 0 Å². The Morgan fingerprint density at radius 2 is 1.76 bits per heavy atom. The Bertz CT molecular complexity index is 1210. The predicted octanol–water partition coefficient (Wildman–Crippen LogP) is 4.39. The molecule has 4 rings (SSSR count). The van der Waals surface area contributed by atoms with E-state index in [-0.39, 0.29) is 30.5 Å². The van der Waals surface area contributed by atoms with Crippen molar-refractivity contribution in [2.75, 3.05) is 31.5 Å². The number of hydrazine groups is 1. The second-order valence-corrected chi connectivity index (χ2v) is 10.5. The van der Waals surface area contributed by atoms with E-state index in [1.54, 1.807) is 23.8 Å². The van der Waals surface area contributed by atoms with E-state index < -0.39 is 29.4 Å². The van der Waals surface area contributed by atoms with E-state index in [0.29, 0.717) is 49.1 Å². The van der Waals surface area contributed by atoms with Crippen LogP contribution in [-0.4, -0.2) is 68.7 Å². The number of carbonyl (C=O) groups is 2. The smallest absolute Gasteiger partial charge is 0.410 e. The van der Waals surface area contributed by atoms with Crippen LogP contribution in [0.25, 0.3) is 0 Å². The van der Waals surface area contributed by atoms with E-state index in [1.807, 2.05) is 25.8 Å². The molecule has 0 spiro atoms. The van der Waals surface area contributed by atoms with Crippen LogP contribution in [0.2, 0.25) is 0 Å². The number of amides is 2. The highest BCUT2D eigenvalue weighted by molar-refractivity contribution is 5.81. The van der Waals surface area contributed by atoms with Crippen molar-refractivity contribution in [1.29, 1.82) is 0 Å². The molecule has 2 aliphatic rings. The molecule has 1 aromatic heterocycles. The number of carbonyl (C=O) groups excluding carboxylic acids is 2. The maximum Gasteiger partial charge on any atom is 0.410 e. The molecule has 1 saturated heterocycles. The van der Waals surface area contributed by atoms with Crippen molar-refractivity contribution >= 4 is 17.8 Å². The number of hydrogen-bond acceptors (Lipinski definition) is 7. The number of nitrogens with zero attached hydrogens (tertiary/aromatic N) is 5. The molecule has 0 aliphatic carbocycles. The molecule has 38 heavy (non-hydrogen) atoms. The first-order chi connectivity index (χ1) is 17.8. The largest absolute Gasteiger partial charge is 0.444 e. The summed E-state index contributed by atoms with van der Waals surface area (Å²) >= 11 is 0. The van der Waals surface area contributed by atoms with Crippen LogP contribution in [0.15, 0.2) is 18.2 Å². The van der Waals surface area contributed by atoms with E-state index in [2.05, 4.69) is 15.3 Å². The number of alkyl halides is 2. The van der Waals surface area contributed by atoms with Crippen molar-refractivity contribution in [3.8, 4) is 0 Å². The van der Waals surface area contributed by atoms with E-state index >= 15 is 0 Å². The maximum absolute atomic E-state index is 14.8. The fourth-order valence-electron chi connectivity index (χ4n) is 4.62. The van der Waals surface area contributed by atoms with Gasteiger partial charge in [-0.3, -0.25) is 9.80 Å². The van der Waals surface area contributed by atoms with Gasteiger partial charge in [-0.1, -0.05) is 18.2 Å². The van der Waals surface area contributed by atoms with E-state index in [9.17, 15) is 22.8 Å². The van der Waals surface area contributed by atoms with Crippen molar-refractivity contribution in [1.82, 2.24) is 24.9 Å². The summed E-state index contributed by atoms with van der Waals surface area (Å²) in [5.41, 5.74) is 0.0993. The average molecular weight is 535 g/mol. The number of anilines is 1. The zero-order valence-corrected chi connectivity index (χ0v) is 22.2. The minimum atomic E-state index is -2.92. The van der Waals surface area contributed by atoms with Crippen LogP contribution in [0, 0.1) is 12.7 Å². The van der Waals surface area contributed by atoms with Crippen molar-refractivity contribution < 1.29 is 27.5 Å². The van der Waals surface area contributed by atoms with Crippen LogP contribution in [0.4, 0.5) is 23.8 Å². The van der Waals surface area contributed by atoms with Crippen LogP contribution in [0.1, 0.15) is 68.4 Å². The Labute approximate surface area is 219 Å². The first-order valence-corrected chi connectivity index (χ1v) is 12.6. The highest BCUT2D eigenvalue weighted by Crippen LogP contribution is 2.32. The fourth-order valence-corrected chi connectivity index (χ4v) is 4.62. The lowest BCUT2D eigenvalue weighted by Gasteiger charge is -2.43. The number of benzene rings is 1. The molecule has 206 valence electrons.